The van der Waals surface area contributed by atoms with Gasteiger partial charge in [0.05, 0.1) is 31.6 Å². The van der Waals surface area contributed by atoms with E-state index in [1.54, 1.807) is 6.20 Å². The zero-order valence-electron chi connectivity index (χ0n) is 15.8. The molecule has 0 bridgehead atoms. The first-order chi connectivity index (χ1) is 11.2. The number of rotatable bonds is 6. The highest BCUT2D eigenvalue weighted by molar-refractivity contribution is 6.74. The third-order valence-corrected chi connectivity index (χ3v) is 9.48. The van der Waals surface area contributed by atoms with E-state index in [1.165, 1.54) is 0 Å². The van der Waals surface area contributed by atoms with E-state index >= 15 is 0 Å². The molecular weight excluding hydrogens is 322 g/mol. The molecule has 0 radical (unpaired) electrons. The van der Waals surface area contributed by atoms with Crippen LogP contribution in [0.15, 0.2) is 12.3 Å². The molecule has 7 heteroatoms. The van der Waals surface area contributed by atoms with Crippen molar-refractivity contribution in [3.8, 4) is 6.01 Å². The number of morpholine rings is 1. The quantitative estimate of drug-likeness (QED) is 0.733. The molecule has 0 spiro atoms. The van der Waals surface area contributed by atoms with Gasteiger partial charge in [-0.1, -0.05) is 20.8 Å². The van der Waals surface area contributed by atoms with E-state index in [1.807, 2.05) is 6.07 Å². The molecule has 136 valence electrons. The Bertz CT molecular complexity index is 534. The third-order valence-electron chi connectivity index (χ3n) is 5.00. The molecule has 6 nitrogen and oxygen atoms in total. The summed E-state index contributed by atoms with van der Waals surface area (Å²) in [6.07, 6.45) is 1.73. The second-order valence-electron chi connectivity index (χ2n) is 7.90. The standard InChI is InChI=1S/C17H31N3O3Si/c1-17(2,3)24(5,6)23-11-14-7-8-18-16(19-14)22-13-15-12-21-10-9-20(15)4/h7-8,15H,9-13H2,1-6H3/t15-/m0/s1. The normalized spacial score (nSPS) is 20.2. The molecule has 0 aliphatic carbocycles. The first kappa shape index (κ1) is 19.3. The Kier molecular flexibility index (Phi) is 6.36. The number of ether oxygens (including phenoxy) is 2. The minimum Gasteiger partial charge on any atom is -0.462 e. The minimum atomic E-state index is -1.78. The summed E-state index contributed by atoms with van der Waals surface area (Å²) < 4.78 is 17.5. The molecule has 1 aliphatic rings. The summed E-state index contributed by atoms with van der Waals surface area (Å²) in [5.41, 5.74) is 0.859. The van der Waals surface area contributed by atoms with Crippen LogP contribution in [0.5, 0.6) is 6.01 Å². The molecular formula is C17H31N3O3Si. The maximum Gasteiger partial charge on any atom is 0.316 e. The van der Waals surface area contributed by atoms with Crippen molar-refractivity contribution in [1.29, 1.82) is 0 Å². The molecule has 1 saturated heterocycles. The van der Waals surface area contributed by atoms with Crippen LogP contribution in [0.4, 0.5) is 0 Å². The SMILES string of the molecule is CN1CCOC[C@H]1COc1nccc(CO[Si](C)(C)C(C)(C)C)n1. The van der Waals surface area contributed by atoms with Crippen molar-refractivity contribution in [2.24, 2.45) is 0 Å². The number of likely N-dealkylation sites (N-methyl/N-ethyl adjacent to an activating group) is 1. The monoisotopic (exact) mass is 353 g/mol. The van der Waals surface area contributed by atoms with Gasteiger partial charge in [-0.3, -0.25) is 4.90 Å². The van der Waals surface area contributed by atoms with Crippen molar-refractivity contribution in [2.45, 2.75) is 51.6 Å². The molecule has 24 heavy (non-hydrogen) atoms. The predicted octanol–water partition coefficient (Wildman–Crippen LogP) is 2.71. The highest BCUT2D eigenvalue weighted by Crippen LogP contribution is 2.36. The predicted molar refractivity (Wildman–Crippen MR) is 96.8 cm³/mol. The average molecular weight is 354 g/mol. The molecule has 1 fully saturated rings. The summed E-state index contributed by atoms with van der Waals surface area (Å²) >= 11 is 0. The highest BCUT2D eigenvalue weighted by atomic mass is 28.4. The first-order valence-corrected chi connectivity index (χ1v) is 11.5. The zero-order valence-corrected chi connectivity index (χ0v) is 16.8. The molecule has 1 aromatic heterocycles. The van der Waals surface area contributed by atoms with Crippen LogP contribution in [0.2, 0.25) is 18.1 Å². The molecule has 0 aromatic carbocycles. The van der Waals surface area contributed by atoms with Crippen LogP contribution in [0, 0.1) is 0 Å². The summed E-state index contributed by atoms with van der Waals surface area (Å²) in [6.45, 7) is 14.6. The Morgan fingerprint density at radius 1 is 1.38 bits per heavy atom. The molecule has 0 unspecified atom stereocenters. The molecule has 0 amide bonds. The van der Waals surface area contributed by atoms with Crippen LogP contribution in [0.25, 0.3) is 0 Å². The lowest BCUT2D eigenvalue weighted by molar-refractivity contribution is -0.0120. The van der Waals surface area contributed by atoms with E-state index in [-0.39, 0.29) is 11.1 Å². The van der Waals surface area contributed by atoms with Gasteiger partial charge in [0.2, 0.25) is 0 Å². The van der Waals surface area contributed by atoms with Gasteiger partial charge in [-0.15, -0.1) is 0 Å². The maximum atomic E-state index is 6.21. The second kappa shape index (κ2) is 7.90. The van der Waals surface area contributed by atoms with Gasteiger partial charge in [0.1, 0.15) is 6.61 Å². The fourth-order valence-corrected chi connectivity index (χ4v) is 3.02. The van der Waals surface area contributed by atoms with E-state index in [9.17, 15) is 0 Å². The average Bonchev–Trinajstić information content (AvgIpc) is 2.52. The molecule has 1 aliphatic heterocycles. The van der Waals surface area contributed by atoms with Crippen molar-refractivity contribution in [3.05, 3.63) is 18.0 Å². The van der Waals surface area contributed by atoms with Gasteiger partial charge in [-0.2, -0.15) is 4.98 Å². The minimum absolute atomic E-state index is 0.185. The Labute approximate surface area is 146 Å². The maximum absolute atomic E-state index is 6.21. The largest absolute Gasteiger partial charge is 0.462 e. The Morgan fingerprint density at radius 3 is 2.79 bits per heavy atom. The number of hydrogen-bond acceptors (Lipinski definition) is 6. The molecule has 2 rings (SSSR count). The molecule has 0 saturated carbocycles. The lowest BCUT2D eigenvalue weighted by atomic mass is 10.2. The van der Waals surface area contributed by atoms with E-state index in [0.717, 1.165) is 18.8 Å². The summed E-state index contributed by atoms with van der Waals surface area (Å²) in [5.74, 6) is 0. The van der Waals surface area contributed by atoms with Crippen LogP contribution in [-0.2, 0) is 15.8 Å². The van der Waals surface area contributed by atoms with Gasteiger partial charge in [-0.25, -0.2) is 4.98 Å². The van der Waals surface area contributed by atoms with Crippen molar-refractivity contribution >= 4 is 8.32 Å². The van der Waals surface area contributed by atoms with E-state index < -0.39 is 8.32 Å². The van der Waals surface area contributed by atoms with Gasteiger partial charge in [-0.05, 0) is 31.2 Å². The summed E-state index contributed by atoms with van der Waals surface area (Å²) in [4.78, 5) is 10.9. The van der Waals surface area contributed by atoms with Gasteiger partial charge in [0.15, 0.2) is 8.32 Å². The zero-order chi connectivity index (χ0) is 17.8. The lowest BCUT2D eigenvalue weighted by Gasteiger charge is -2.36. The van der Waals surface area contributed by atoms with Crippen LogP contribution in [-0.4, -0.2) is 62.6 Å². The fourth-order valence-electron chi connectivity index (χ4n) is 2.08. The second-order valence-corrected chi connectivity index (χ2v) is 12.7. The Balaban J connectivity index is 1.89. The first-order valence-electron chi connectivity index (χ1n) is 8.56. The summed E-state index contributed by atoms with van der Waals surface area (Å²) in [6, 6.07) is 2.54. The molecule has 2 heterocycles. The molecule has 0 N–H and O–H groups in total. The van der Waals surface area contributed by atoms with E-state index in [2.05, 4.69) is 55.8 Å². The lowest BCUT2D eigenvalue weighted by Crippen LogP contribution is -2.46. The number of hydrogen-bond donors (Lipinski definition) is 0. The Hall–Kier alpha value is -1.02. The van der Waals surface area contributed by atoms with Gasteiger partial charge < -0.3 is 13.9 Å². The van der Waals surface area contributed by atoms with Gasteiger partial charge >= 0.3 is 6.01 Å². The van der Waals surface area contributed by atoms with E-state index in [0.29, 0.717) is 25.8 Å². The highest BCUT2D eigenvalue weighted by Gasteiger charge is 2.37. The fraction of sp³-hybridized carbons (Fsp3) is 0.765. The van der Waals surface area contributed by atoms with Crippen molar-refractivity contribution in [3.63, 3.8) is 0 Å². The van der Waals surface area contributed by atoms with Crippen LogP contribution >= 0.6 is 0 Å². The van der Waals surface area contributed by atoms with Gasteiger partial charge in [0, 0.05) is 12.7 Å². The van der Waals surface area contributed by atoms with Crippen LogP contribution in [0.1, 0.15) is 26.5 Å². The number of aromatic nitrogens is 2. The van der Waals surface area contributed by atoms with Crippen LogP contribution in [0.3, 0.4) is 0 Å². The van der Waals surface area contributed by atoms with Crippen LogP contribution < -0.4 is 4.74 Å². The van der Waals surface area contributed by atoms with Crippen molar-refractivity contribution in [1.82, 2.24) is 14.9 Å². The summed E-state index contributed by atoms with van der Waals surface area (Å²) in [7, 11) is 0.300. The van der Waals surface area contributed by atoms with E-state index in [4.69, 9.17) is 13.9 Å². The van der Waals surface area contributed by atoms with Gasteiger partial charge in [0.25, 0.3) is 0 Å². The number of nitrogens with zero attached hydrogens (tertiary/aromatic N) is 3. The third kappa shape index (κ3) is 5.24. The smallest absolute Gasteiger partial charge is 0.316 e. The molecule has 1 atom stereocenters. The summed E-state index contributed by atoms with van der Waals surface area (Å²) in [5, 5.41) is 0.185. The van der Waals surface area contributed by atoms with Crippen molar-refractivity contribution in [2.75, 3.05) is 33.4 Å². The topological polar surface area (TPSA) is 56.7 Å². The Morgan fingerprint density at radius 2 is 2.12 bits per heavy atom. The van der Waals surface area contributed by atoms with Crippen molar-refractivity contribution < 1.29 is 13.9 Å². The molecule has 1 aromatic rings.